The Morgan fingerprint density at radius 1 is 1.64 bits per heavy atom. The molecule has 0 aliphatic heterocycles. The minimum Gasteiger partial charge on any atom is -0.281 e. The summed E-state index contributed by atoms with van der Waals surface area (Å²) in [5.74, 6) is 0.354. The van der Waals surface area contributed by atoms with Crippen molar-refractivity contribution in [3.63, 3.8) is 0 Å². The van der Waals surface area contributed by atoms with E-state index < -0.39 is 0 Å². The van der Waals surface area contributed by atoms with Crippen molar-refractivity contribution in [3.05, 3.63) is 22.8 Å². The first-order chi connectivity index (χ1) is 5.27. The molecule has 0 saturated carbocycles. The number of rotatable bonds is 1. The minimum absolute atomic E-state index is 0.332. The van der Waals surface area contributed by atoms with Gasteiger partial charge in [0, 0.05) is 18.0 Å². The highest BCUT2D eigenvalue weighted by Crippen LogP contribution is 2.19. The van der Waals surface area contributed by atoms with Gasteiger partial charge < -0.3 is 0 Å². The number of anilines is 1. The smallest absolute Gasteiger partial charge is 0.159 e. The highest BCUT2D eigenvalue weighted by atomic mass is 35.5. The lowest BCUT2D eigenvalue weighted by molar-refractivity contribution is 1.31. The summed E-state index contributed by atoms with van der Waals surface area (Å²) in [5, 5.41) is 8.76. The van der Waals surface area contributed by atoms with Crippen LogP contribution in [0, 0.1) is 11.3 Å². The van der Waals surface area contributed by atoms with Gasteiger partial charge in [-0.05, 0) is 6.07 Å². The molecule has 1 aromatic heterocycles. The molecule has 3 nitrogen and oxygen atoms in total. The molecule has 1 aromatic rings. The Labute approximate surface area is 73.7 Å². The van der Waals surface area contributed by atoms with E-state index in [1.807, 2.05) is 6.07 Å². The van der Waals surface area contributed by atoms with Gasteiger partial charge in [-0.2, -0.15) is 5.26 Å². The molecule has 1 heterocycles. The summed E-state index contributed by atoms with van der Waals surface area (Å²) < 4.78 is 0. The predicted molar refractivity (Wildman–Crippen MR) is 43.4 cm³/mol. The summed E-state index contributed by atoms with van der Waals surface area (Å²) in [4.78, 5) is 6.04. The van der Waals surface area contributed by atoms with Crippen molar-refractivity contribution in [2.45, 2.75) is 0 Å². The first-order valence-corrected chi connectivity index (χ1v) is 3.46. The fourth-order valence-corrected chi connectivity index (χ4v) is 0.981. The van der Waals surface area contributed by atoms with E-state index in [9.17, 15) is 0 Å². The first kappa shape index (κ1) is 8.12. The molecule has 5 heteroatoms. The van der Waals surface area contributed by atoms with Gasteiger partial charge >= 0.3 is 0 Å². The Balaban J connectivity index is 3.12. The number of halogens is 2. The van der Waals surface area contributed by atoms with Crippen molar-refractivity contribution < 1.29 is 0 Å². The van der Waals surface area contributed by atoms with Gasteiger partial charge in [0.2, 0.25) is 0 Å². The quantitative estimate of drug-likeness (QED) is 0.687. The average molecular weight is 188 g/mol. The second kappa shape index (κ2) is 3.42. The van der Waals surface area contributed by atoms with Crippen molar-refractivity contribution in [2.24, 2.45) is 0 Å². The van der Waals surface area contributed by atoms with Crippen molar-refractivity contribution in [1.29, 1.82) is 5.26 Å². The molecule has 0 aliphatic rings. The van der Waals surface area contributed by atoms with Crippen molar-refractivity contribution in [3.8, 4) is 6.07 Å². The summed E-state index contributed by atoms with van der Waals surface area (Å²) >= 11 is 10.9. The van der Waals surface area contributed by atoms with E-state index in [0.29, 0.717) is 16.4 Å². The van der Waals surface area contributed by atoms with Crippen molar-refractivity contribution >= 4 is 29.2 Å². The molecular weight excluding hydrogens is 185 g/mol. The predicted octanol–water partition coefficient (Wildman–Crippen LogP) is 2.17. The van der Waals surface area contributed by atoms with Crippen LogP contribution in [-0.4, -0.2) is 4.98 Å². The highest BCUT2D eigenvalue weighted by Gasteiger charge is 2.00. The average Bonchev–Trinajstić information content (AvgIpc) is 2.04. The van der Waals surface area contributed by atoms with Crippen LogP contribution in [0.4, 0.5) is 5.82 Å². The summed E-state index contributed by atoms with van der Waals surface area (Å²) in [6.45, 7) is 0. The number of pyridine rings is 1. The lowest BCUT2D eigenvalue weighted by Crippen LogP contribution is -1.87. The Morgan fingerprint density at radius 2 is 2.36 bits per heavy atom. The van der Waals surface area contributed by atoms with Gasteiger partial charge in [-0.25, -0.2) is 4.98 Å². The summed E-state index contributed by atoms with van der Waals surface area (Å²) in [5.41, 5.74) is 0.408. The minimum atomic E-state index is 0.332. The molecule has 0 bridgehead atoms. The topological polar surface area (TPSA) is 48.7 Å². The molecule has 0 fully saturated rings. The van der Waals surface area contributed by atoms with Crippen LogP contribution in [0.2, 0.25) is 5.02 Å². The Kier molecular flexibility index (Phi) is 2.53. The van der Waals surface area contributed by atoms with Crippen molar-refractivity contribution in [2.75, 3.05) is 4.84 Å². The van der Waals surface area contributed by atoms with Crippen molar-refractivity contribution in [1.82, 2.24) is 4.98 Å². The SMILES string of the molecule is N#Cc1cnc(NCl)c(Cl)c1. The molecule has 1 N–H and O–H groups in total. The van der Waals surface area contributed by atoms with Gasteiger partial charge in [0.1, 0.15) is 6.07 Å². The molecule has 0 atom stereocenters. The molecule has 11 heavy (non-hydrogen) atoms. The van der Waals surface area contributed by atoms with E-state index in [1.165, 1.54) is 12.3 Å². The standard InChI is InChI=1S/C6H3Cl2N3/c7-5-1-4(2-9)3-10-6(5)11-8/h1,3H,(H,10,11). The van der Waals surface area contributed by atoms with E-state index in [2.05, 4.69) is 9.82 Å². The highest BCUT2D eigenvalue weighted by molar-refractivity contribution is 6.35. The summed E-state index contributed by atoms with van der Waals surface area (Å²) in [7, 11) is 0. The molecule has 56 valence electrons. The Hall–Kier alpha value is -0.980. The number of aromatic nitrogens is 1. The molecule has 0 radical (unpaired) electrons. The molecule has 0 aromatic carbocycles. The Bertz CT molecular complexity index is 305. The lowest BCUT2D eigenvalue weighted by atomic mass is 10.3. The molecule has 0 spiro atoms. The van der Waals surface area contributed by atoms with Crippen LogP contribution in [0.1, 0.15) is 5.56 Å². The second-order valence-corrected chi connectivity index (χ2v) is 2.36. The van der Waals surface area contributed by atoms with Crippen LogP contribution in [-0.2, 0) is 0 Å². The third kappa shape index (κ3) is 1.73. The summed E-state index contributed by atoms with van der Waals surface area (Å²) in [6, 6.07) is 3.39. The maximum atomic E-state index is 8.42. The van der Waals surface area contributed by atoms with Gasteiger partial charge in [-0.15, -0.1) is 0 Å². The van der Waals surface area contributed by atoms with E-state index in [0.717, 1.165) is 0 Å². The van der Waals surface area contributed by atoms with Crippen LogP contribution in [0.15, 0.2) is 12.3 Å². The fraction of sp³-hybridized carbons (Fsp3) is 0. The third-order valence-corrected chi connectivity index (χ3v) is 1.53. The first-order valence-electron chi connectivity index (χ1n) is 2.70. The van der Waals surface area contributed by atoms with E-state index >= 15 is 0 Å². The number of hydrogen-bond donors (Lipinski definition) is 1. The normalized spacial score (nSPS) is 8.82. The second-order valence-electron chi connectivity index (χ2n) is 1.76. The zero-order chi connectivity index (χ0) is 8.27. The van der Waals surface area contributed by atoms with Crippen LogP contribution in [0.5, 0.6) is 0 Å². The zero-order valence-corrected chi connectivity index (χ0v) is 6.82. The number of nitriles is 1. The Morgan fingerprint density at radius 3 is 2.82 bits per heavy atom. The molecule has 0 amide bonds. The molecule has 0 aliphatic carbocycles. The molecule has 1 rings (SSSR count). The van der Waals surface area contributed by atoms with E-state index in [1.54, 1.807) is 0 Å². The third-order valence-electron chi connectivity index (χ3n) is 1.06. The molecule has 0 unspecified atom stereocenters. The van der Waals surface area contributed by atoms with Gasteiger partial charge in [-0.1, -0.05) is 11.6 Å². The number of hydrogen-bond acceptors (Lipinski definition) is 3. The van der Waals surface area contributed by atoms with Gasteiger partial charge in [0.15, 0.2) is 5.82 Å². The maximum Gasteiger partial charge on any atom is 0.159 e. The van der Waals surface area contributed by atoms with Gasteiger partial charge in [0.05, 0.1) is 10.6 Å². The maximum absolute atomic E-state index is 8.42. The van der Waals surface area contributed by atoms with Crippen LogP contribution < -0.4 is 4.84 Å². The summed E-state index contributed by atoms with van der Waals surface area (Å²) in [6.07, 6.45) is 1.39. The van der Waals surface area contributed by atoms with Gasteiger partial charge in [0.25, 0.3) is 0 Å². The van der Waals surface area contributed by atoms with Crippen LogP contribution >= 0.6 is 23.4 Å². The van der Waals surface area contributed by atoms with Crippen LogP contribution in [0.3, 0.4) is 0 Å². The largest absolute Gasteiger partial charge is 0.281 e. The number of nitrogens with one attached hydrogen (secondary N) is 1. The monoisotopic (exact) mass is 187 g/mol. The lowest BCUT2D eigenvalue weighted by Gasteiger charge is -1.98. The zero-order valence-electron chi connectivity index (χ0n) is 5.31. The molecular formula is C6H3Cl2N3. The fourth-order valence-electron chi connectivity index (χ4n) is 0.569. The molecule has 0 saturated heterocycles. The number of nitrogens with zero attached hydrogens (tertiary/aromatic N) is 2. The van der Waals surface area contributed by atoms with E-state index in [4.69, 9.17) is 28.6 Å². The van der Waals surface area contributed by atoms with Crippen LogP contribution in [0.25, 0.3) is 0 Å². The van der Waals surface area contributed by atoms with E-state index in [-0.39, 0.29) is 0 Å². The van der Waals surface area contributed by atoms with Gasteiger partial charge in [-0.3, -0.25) is 4.84 Å².